The molecule has 0 N–H and O–H groups in total. The lowest BCUT2D eigenvalue weighted by Crippen LogP contribution is -2.19. The maximum absolute atomic E-state index is 11.6. The van der Waals surface area contributed by atoms with E-state index in [1.807, 2.05) is 0 Å². The third kappa shape index (κ3) is 4.42. The first-order chi connectivity index (χ1) is 8.19. The lowest BCUT2D eigenvalue weighted by molar-refractivity contribution is 0.387. The Morgan fingerprint density at radius 2 is 2.18 bits per heavy atom. The Labute approximate surface area is 106 Å². The van der Waals surface area contributed by atoms with Gasteiger partial charge < -0.3 is 4.74 Å². The van der Waals surface area contributed by atoms with Crippen LogP contribution in [0.3, 0.4) is 0 Å². The highest BCUT2D eigenvalue weighted by Crippen LogP contribution is 2.18. The Bertz CT molecular complexity index is 404. The van der Waals surface area contributed by atoms with Crippen molar-refractivity contribution in [1.29, 1.82) is 0 Å². The molecular formula is C12H20N2O2S. The van der Waals surface area contributed by atoms with E-state index in [2.05, 4.69) is 11.9 Å². The molecule has 1 aromatic heterocycles. The van der Waals surface area contributed by atoms with Crippen molar-refractivity contribution in [3.8, 4) is 5.88 Å². The van der Waals surface area contributed by atoms with Gasteiger partial charge in [-0.05, 0) is 6.42 Å². The molecule has 0 aliphatic heterocycles. The van der Waals surface area contributed by atoms with Crippen molar-refractivity contribution >= 4 is 11.8 Å². The Morgan fingerprint density at radius 1 is 1.41 bits per heavy atom. The molecule has 17 heavy (non-hydrogen) atoms. The Morgan fingerprint density at radius 3 is 2.82 bits per heavy atom. The van der Waals surface area contributed by atoms with Crippen molar-refractivity contribution in [3.63, 3.8) is 0 Å². The zero-order chi connectivity index (χ0) is 12.7. The lowest BCUT2D eigenvalue weighted by atomic mass is 10.2. The largest absolute Gasteiger partial charge is 0.481 e. The summed E-state index contributed by atoms with van der Waals surface area (Å²) in [6, 6.07) is 1.40. The maximum Gasteiger partial charge on any atom is 0.257 e. The van der Waals surface area contributed by atoms with Crippen LogP contribution < -0.4 is 10.3 Å². The predicted molar refractivity (Wildman–Crippen MR) is 70.9 cm³/mol. The molecule has 0 aromatic carbocycles. The number of rotatable bonds is 7. The number of hydrogen-bond donors (Lipinski definition) is 0. The SMILES string of the molecule is CCCCCCSc1nc(OC)cc(=O)n1C. The molecule has 0 unspecified atom stereocenters. The molecule has 1 rings (SSSR count). The van der Waals surface area contributed by atoms with Gasteiger partial charge in [-0.2, -0.15) is 4.98 Å². The van der Waals surface area contributed by atoms with Crippen LogP contribution in [-0.4, -0.2) is 22.4 Å². The van der Waals surface area contributed by atoms with Crippen LogP contribution in [0.5, 0.6) is 5.88 Å². The topological polar surface area (TPSA) is 44.1 Å². The van der Waals surface area contributed by atoms with E-state index in [0.29, 0.717) is 5.88 Å². The van der Waals surface area contributed by atoms with Crippen molar-refractivity contribution in [1.82, 2.24) is 9.55 Å². The lowest BCUT2D eigenvalue weighted by Gasteiger charge is -2.07. The van der Waals surface area contributed by atoms with Crippen LogP contribution in [0.25, 0.3) is 0 Å². The fraction of sp³-hybridized carbons (Fsp3) is 0.667. The van der Waals surface area contributed by atoms with Gasteiger partial charge in [0.25, 0.3) is 5.56 Å². The van der Waals surface area contributed by atoms with E-state index in [1.54, 1.807) is 23.4 Å². The molecule has 5 heteroatoms. The van der Waals surface area contributed by atoms with Gasteiger partial charge in [0.2, 0.25) is 5.88 Å². The van der Waals surface area contributed by atoms with Gasteiger partial charge in [0.05, 0.1) is 13.2 Å². The number of thioether (sulfide) groups is 1. The average Bonchev–Trinajstić information content (AvgIpc) is 2.33. The van der Waals surface area contributed by atoms with Gasteiger partial charge in [-0.15, -0.1) is 0 Å². The third-order valence-corrected chi connectivity index (χ3v) is 3.62. The van der Waals surface area contributed by atoms with Crippen LogP contribution in [0.4, 0.5) is 0 Å². The second kappa shape index (κ2) is 7.37. The second-order valence-corrected chi connectivity index (χ2v) is 4.95. The average molecular weight is 256 g/mol. The van der Waals surface area contributed by atoms with E-state index in [0.717, 1.165) is 17.3 Å². The smallest absolute Gasteiger partial charge is 0.257 e. The summed E-state index contributed by atoms with van der Waals surface area (Å²) in [6.07, 6.45) is 4.90. The molecule has 0 radical (unpaired) electrons. The number of aromatic nitrogens is 2. The summed E-state index contributed by atoms with van der Waals surface area (Å²) in [5.74, 6) is 1.39. The molecule has 0 fully saturated rings. The molecule has 0 saturated carbocycles. The van der Waals surface area contributed by atoms with Crippen LogP contribution in [0.15, 0.2) is 16.0 Å². The first kappa shape index (κ1) is 14.1. The van der Waals surface area contributed by atoms with Crippen molar-refractivity contribution in [2.24, 2.45) is 7.05 Å². The Kier molecular flexibility index (Phi) is 6.11. The summed E-state index contributed by atoms with van der Waals surface area (Å²) in [6.45, 7) is 2.19. The van der Waals surface area contributed by atoms with Crippen LogP contribution in [0.2, 0.25) is 0 Å². The van der Waals surface area contributed by atoms with E-state index in [1.165, 1.54) is 32.4 Å². The minimum atomic E-state index is -0.0760. The van der Waals surface area contributed by atoms with E-state index in [4.69, 9.17) is 4.74 Å². The molecule has 1 heterocycles. The highest BCUT2D eigenvalue weighted by Gasteiger charge is 2.06. The normalized spacial score (nSPS) is 10.5. The van der Waals surface area contributed by atoms with Gasteiger partial charge in [0.1, 0.15) is 0 Å². The molecule has 4 nitrogen and oxygen atoms in total. The van der Waals surface area contributed by atoms with E-state index >= 15 is 0 Å². The second-order valence-electron chi connectivity index (χ2n) is 3.89. The molecule has 0 amide bonds. The van der Waals surface area contributed by atoms with Crippen LogP contribution >= 0.6 is 11.8 Å². The number of nitrogens with zero attached hydrogens (tertiary/aromatic N) is 2. The van der Waals surface area contributed by atoms with E-state index in [-0.39, 0.29) is 5.56 Å². The highest BCUT2D eigenvalue weighted by atomic mass is 32.2. The van der Waals surface area contributed by atoms with Gasteiger partial charge in [0.15, 0.2) is 5.16 Å². The zero-order valence-corrected chi connectivity index (χ0v) is 11.5. The highest BCUT2D eigenvalue weighted by molar-refractivity contribution is 7.99. The van der Waals surface area contributed by atoms with Crippen molar-refractivity contribution in [3.05, 3.63) is 16.4 Å². The van der Waals surface area contributed by atoms with Crippen LogP contribution in [-0.2, 0) is 7.05 Å². The van der Waals surface area contributed by atoms with Gasteiger partial charge in [-0.25, -0.2) is 0 Å². The number of ether oxygens (including phenoxy) is 1. The summed E-state index contributed by atoms with van der Waals surface area (Å²) in [5, 5.41) is 0.728. The first-order valence-electron chi connectivity index (χ1n) is 5.94. The Hall–Kier alpha value is -0.970. The quantitative estimate of drug-likeness (QED) is 0.427. The van der Waals surface area contributed by atoms with E-state index < -0.39 is 0 Å². The number of methoxy groups -OCH3 is 1. The summed E-state index contributed by atoms with van der Waals surface area (Å²) in [4.78, 5) is 15.9. The molecular weight excluding hydrogens is 236 g/mol. The zero-order valence-electron chi connectivity index (χ0n) is 10.7. The Balaban J connectivity index is 2.58. The minimum absolute atomic E-state index is 0.0760. The summed E-state index contributed by atoms with van der Waals surface area (Å²) >= 11 is 1.61. The first-order valence-corrected chi connectivity index (χ1v) is 6.92. The molecule has 0 aliphatic carbocycles. The summed E-state index contributed by atoms with van der Waals surface area (Å²) in [5.41, 5.74) is -0.0760. The minimum Gasteiger partial charge on any atom is -0.481 e. The molecule has 0 atom stereocenters. The molecule has 1 aromatic rings. The van der Waals surface area contributed by atoms with Gasteiger partial charge in [-0.3, -0.25) is 9.36 Å². The number of unbranched alkanes of at least 4 members (excludes halogenated alkanes) is 3. The van der Waals surface area contributed by atoms with Crippen molar-refractivity contribution in [2.75, 3.05) is 12.9 Å². The monoisotopic (exact) mass is 256 g/mol. The third-order valence-electron chi connectivity index (χ3n) is 2.51. The molecule has 0 saturated heterocycles. The molecule has 96 valence electrons. The van der Waals surface area contributed by atoms with Crippen LogP contribution in [0.1, 0.15) is 32.6 Å². The standard InChI is InChI=1S/C12H20N2O2S/c1-4-5-6-7-8-17-12-13-10(16-3)9-11(15)14(12)2/h9H,4-8H2,1-3H3. The van der Waals surface area contributed by atoms with Gasteiger partial charge >= 0.3 is 0 Å². The number of hydrogen-bond acceptors (Lipinski definition) is 4. The van der Waals surface area contributed by atoms with Crippen LogP contribution in [0, 0.1) is 0 Å². The van der Waals surface area contributed by atoms with E-state index in [9.17, 15) is 4.79 Å². The molecule has 0 aliphatic rings. The summed E-state index contributed by atoms with van der Waals surface area (Å²) in [7, 11) is 3.26. The molecule has 0 spiro atoms. The predicted octanol–water partition coefficient (Wildman–Crippen LogP) is 2.46. The van der Waals surface area contributed by atoms with Gasteiger partial charge in [0, 0.05) is 12.8 Å². The summed E-state index contributed by atoms with van der Waals surface area (Å²) < 4.78 is 6.56. The van der Waals surface area contributed by atoms with Crippen molar-refractivity contribution in [2.45, 2.75) is 37.8 Å². The maximum atomic E-state index is 11.6. The fourth-order valence-corrected chi connectivity index (χ4v) is 2.39. The van der Waals surface area contributed by atoms with Crippen molar-refractivity contribution < 1.29 is 4.74 Å². The van der Waals surface area contributed by atoms with Gasteiger partial charge in [-0.1, -0.05) is 37.9 Å². The molecule has 0 bridgehead atoms. The fourth-order valence-electron chi connectivity index (χ4n) is 1.42.